The molecular formula is C15H14ClNO3. The molecule has 2 rings (SSSR count). The van der Waals surface area contributed by atoms with Gasteiger partial charge in [0.2, 0.25) is 0 Å². The number of halogens is 1. The van der Waals surface area contributed by atoms with Crippen molar-refractivity contribution < 1.29 is 14.3 Å². The fourth-order valence-corrected chi connectivity index (χ4v) is 1.87. The molecule has 0 saturated heterocycles. The minimum absolute atomic E-state index is 0.270. The first kappa shape index (κ1) is 14.2. The maximum atomic E-state index is 11.7. The number of carbonyl (C=O) groups excluding carboxylic acids is 1. The van der Waals surface area contributed by atoms with Crippen molar-refractivity contribution in [2.24, 2.45) is 0 Å². The summed E-state index contributed by atoms with van der Waals surface area (Å²) in [7, 11) is 1.31. The summed E-state index contributed by atoms with van der Waals surface area (Å²) in [4.78, 5) is 11.7. The number of nitrogens with two attached hydrogens (primary N) is 1. The number of ether oxygens (including phenoxy) is 2. The highest BCUT2D eigenvalue weighted by Crippen LogP contribution is 2.31. The van der Waals surface area contributed by atoms with Gasteiger partial charge >= 0.3 is 5.97 Å². The molecule has 2 aromatic rings. The summed E-state index contributed by atoms with van der Waals surface area (Å²) in [5, 5.41) is 0.556. The molecule has 0 spiro atoms. The van der Waals surface area contributed by atoms with Gasteiger partial charge in [-0.1, -0.05) is 17.7 Å². The summed E-state index contributed by atoms with van der Waals surface area (Å²) in [6, 6.07) is 10.1. The summed E-state index contributed by atoms with van der Waals surface area (Å²) in [6.07, 6.45) is 0. The van der Waals surface area contributed by atoms with Gasteiger partial charge in [0.1, 0.15) is 17.1 Å². The van der Waals surface area contributed by atoms with Crippen molar-refractivity contribution in [1.29, 1.82) is 0 Å². The lowest BCUT2D eigenvalue weighted by Gasteiger charge is -2.12. The predicted molar refractivity (Wildman–Crippen MR) is 78.5 cm³/mol. The second kappa shape index (κ2) is 5.84. The van der Waals surface area contributed by atoms with E-state index in [1.807, 2.05) is 13.0 Å². The molecule has 104 valence electrons. The minimum Gasteiger partial charge on any atom is -0.465 e. The Kier molecular flexibility index (Phi) is 4.15. The Morgan fingerprint density at radius 3 is 2.60 bits per heavy atom. The smallest absolute Gasteiger partial charge is 0.341 e. The molecule has 0 aliphatic carbocycles. The van der Waals surface area contributed by atoms with E-state index in [0.717, 1.165) is 5.56 Å². The minimum atomic E-state index is -0.507. The Hall–Kier alpha value is -2.20. The summed E-state index contributed by atoms with van der Waals surface area (Å²) in [6.45, 7) is 1.89. The summed E-state index contributed by atoms with van der Waals surface area (Å²) in [5.74, 6) is 0.441. The molecule has 0 heterocycles. The van der Waals surface area contributed by atoms with E-state index in [1.54, 1.807) is 24.3 Å². The Bertz CT molecular complexity index is 656. The average molecular weight is 292 g/mol. The lowest BCUT2D eigenvalue weighted by Crippen LogP contribution is -2.05. The zero-order valence-corrected chi connectivity index (χ0v) is 11.9. The molecule has 5 heteroatoms. The van der Waals surface area contributed by atoms with Gasteiger partial charge in [-0.3, -0.25) is 0 Å². The highest BCUT2D eigenvalue weighted by atomic mass is 35.5. The van der Waals surface area contributed by atoms with E-state index in [9.17, 15) is 4.79 Å². The monoisotopic (exact) mass is 291 g/mol. The maximum Gasteiger partial charge on any atom is 0.341 e. The number of aryl methyl sites for hydroxylation is 1. The molecule has 4 nitrogen and oxygen atoms in total. The highest BCUT2D eigenvalue weighted by Gasteiger charge is 2.15. The number of methoxy groups -OCH3 is 1. The van der Waals surface area contributed by atoms with Gasteiger partial charge in [0, 0.05) is 10.7 Å². The number of carbonyl (C=O) groups is 1. The van der Waals surface area contributed by atoms with E-state index in [2.05, 4.69) is 0 Å². The lowest BCUT2D eigenvalue weighted by molar-refractivity contribution is 0.0598. The van der Waals surface area contributed by atoms with Crippen molar-refractivity contribution in [2.75, 3.05) is 12.8 Å². The number of anilines is 1. The summed E-state index contributed by atoms with van der Waals surface area (Å²) >= 11 is 5.95. The van der Waals surface area contributed by atoms with Crippen LogP contribution in [0.4, 0.5) is 5.69 Å². The van der Waals surface area contributed by atoms with Crippen LogP contribution in [0.5, 0.6) is 11.5 Å². The summed E-state index contributed by atoms with van der Waals surface area (Å²) < 4.78 is 10.5. The molecule has 20 heavy (non-hydrogen) atoms. The van der Waals surface area contributed by atoms with E-state index < -0.39 is 5.97 Å². The molecule has 0 atom stereocenters. The molecule has 0 radical (unpaired) electrons. The van der Waals surface area contributed by atoms with Crippen molar-refractivity contribution in [3.05, 3.63) is 52.5 Å². The fraction of sp³-hybridized carbons (Fsp3) is 0.133. The van der Waals surface area contributed by atoms with E-state index in [0.29, 0.717) is 22.2 Å². The number of benzene rings is 2. The van der Waals surface area contributed by atoms with Gasteiger partial charge in [-0.2, -0.15) is 0 Å². The second-order valence-corrected chi connectivity index (χ2v) is 4.70. The molecule has 0 unspecified atom stereocenters. The Labute approximate surface area is 122 Å². The molecule has 0 aliphatic rings. The SMILES string of the molecule is COC(=O)c1cc(N)ccc1Oc1cc(Cl)ccc1C. The molecule has 2 aromatic carbocycles. The Balaban J connectivity index is 2.43. The van der Waals surface area contributed by atoms with Crippen molar-refractivity contribution in [1.82, 2.24) is 0 Å². The van der Waals surface area contributed by atoms with Crippen molar-refractivity contribution in [3.63, 3.8) is 0 Å². The van der Waals surface area contributed by atoms with Crippen LogP contribution in [0.25, 0.3) is 0 Å². The Morgan fingerprint density at radius 1 is 1.15 bits per heavy atom. The van der Waals surface area contributed by atoms with Crippen LogP contribution in [0.15, 0.2) is 36.4 Å². The predicted octanol–water partition coefficient (Wildman–Crippen LogP) is 3.81. The van der Waals surface area contributed by atoms with Gasteiger partial charge in [-0.05, 0) is 42.8 Å². The normalized spacial score (nSPS) is 10.2. The third-order valence-corrected chi connectivity index (χ3v) is 3.01. The van der Waals surface area contributed by atoms with Crippen LogP contribution in [0.1, 0.15) is 15.9 Å². The van der Waals surface area contributed by atoms with Gasteiger partial charge < -0.3 is 15.2 Å². The molecule has 0 aromatic heterocycles. The lowest BCUT2D eigenvalue weighted by atomic mass is 10.1. The summed E-state index contributed by atoms with van der Waals surface area (Å²) in [5.41, 5.74) is 7.32. The third-order valence-electron chi connectivity index (χ3n) is 2.78. The van der Waals surface area contributed by atoms with Gasteiger partial charge in [0.05, 0.1) is 7.11 Å². The van der Waals surface area contributed by atoms with Crippen LogP contribution >= 0.6 is 11.6 Å². The largest absolute Gasteiger partial charge is 0.465 e. The van der Waals surface area contributed by atoms with Crippen molar-refractivity contribution >= 4 is 23.3 Å². The molecule has 0 aliphatic heterocycles. The molecule has 0 saturated carbocycles. The van der Waals surface area contributed by atoms with E-state index in [4.69, 9.17) is 26.8 Å². The van der Waals surface area contributed by atoms with Crippen molar-refractivity contribution in [3.8, 4) is 11.5 Å². The fourth-order valence-electron chi connectivity index (χ4n) is 1.71. The van der Waals surface area contributed by atoms with Gasteiger partial charge in [-0.25, -0.2) is 4.79 Å². The van der Waals surface area contributed by atoms with Gasteiger partial charge in [0.25, 0.3) is 0 Å². The van der Waals surface area contributed by atoms with Gasteiger partial charge in [0.15, 0.2) is 0 Å². The maximum absolute atomic E-state index is 11.7. The van der Waals surface area contributed by atoms with Gasteiger partial charge in [-0.15, -0.1) is 0 Å². The molecule has 0 amide bonds. The second-order valence-electron chi connectivity index (χ2n) is 4.26. The van der Waals surface area contributed by atoms with Crippen LogP contribution in [-0.2, 0) is 4.74 Å². The number of nitrogen functional groups attached to an aromatic ring is 1. The number of hydrogen-bond donors (Lipinski definition) is 1. The van der Waals surface area contributed by atoms with Crippen molar-refractivity contribution in [2.45, 2.75) is 6.92 Å². The van der Waals surface area contributed by atoms with E-state index in [-0.39, 0.29) is 5.56 Å². The highest BCUT2D eigenvalue weighted by molar-refractivity contribution is 6.30. The molecule has 0 bridgehead atoms. The molecule has 0 fully saturated rings. The van der Waals surface area contributed by atoms with Crippen LogP contribution < -0.4 is 10.5 Å². The standard InChI is InChI=1S/C15H14ClNO3/c1-9-3-4-10(16)7-14(9)20-13-6-5-11(17)8-12(13)15(18)19-2/h3-8H,17H2,1-2H3. The molecular weight excluding hydrogens is 278 g/mol. The first-order valence-corrected chi connectivity index (χ1v) is 6.31. The van der Waals surface area contributed by atoms with Crippen LogP contribution in [0.2, 0.25) is 5.02 Å². The van der Waals surface area contributed by atoms with Crippen LogP contribution in [0.3, 0.4) is 0 Å². The first-order valence-electron chi connectivity index (χ1n) is 5.93. The van der Waals surface area contributed by atoms with Crippen LogP contribution in [-0.4, -0.2) is 13.1 Å². The zero-order chi connectivity index (χ0) is 14.7. The zero-order valence-electron chi connectivity index (χ0n) is 11.1. The number of esters is 1. The average Bonchev–Trinajstić information content (AvgIpc) is 2.43. The number of rotatable bonds is 3. The molecule has 2 N–H and O–H groups in total. The topological polar surface area (TPSA) is 61.5 Å². The van der Waals surface area contributed by atoms with E-state index in [1.165, 1.54) is 13.2 Å². The third kappa shape index (κ3) is 3.03. The Morgan fingerprint density at radius 2 is 1.90 bits per heavy atom. The number of hydrogen-bond acceptors (Lipinski definition) is 4. The quantitative estimate of drug-likeness (QED) is 0.690. The first-order chi connectivity index (χ1) is 9.51. The van der Waals surface area contributed by atoms with Crippen LogP contribution in [0, 0.1) is 6.92 Å². The van der Waals surface area contributed by atoms with E-state index >= 15 is 0 Å².